The average Bonchev–Trinajstić information content (AvgIpc) is 3.08. The molecule has 0 aliphatic heterocycles. The van der Waals surface area contributed by atoms with Gasteiger partial charge in [-0.3, -0.25) is 24.1 Å². The Bertz CT molecular complexity index is 2120. The van der Waals surface area contributed by atoms with Crippen molar-refractivity contribution >= 4 is 34.8 Å². The Labute approximate surface area is 336 Å². The standard InChI is InChI=1S/C42H65N5O8/c1-16-47(22(8)9)31-23(10)30(45-25(48)18-44-41(14,19(2)3)20(4)5)34(50)26-28(31)39(11,12)40(13)17-24-32(46(15)21(6)7)35(51)27(38(43)54)36(52)42(24,55)37(53)29(40)33(26)49/h19-22,24,32,44,50-51,53,55H,16-18H2,1-15H3,(H2,43,54)(H,45,48)/t24-,32-,40-,42+/m0/s1/i14D3,18D2,19D,20D. The zero-order valence-electron chi connectivity index (χ0n) is 41.6. The second-order valence-electron chi connectivity index (χ2n) is 17.0. The van der Waals surface area contributed by atoms with Crippen LogP contribution in [0.1, 0.15) is 127 Å². The molecule has 0 heterocycles. The number of aromatic hydroxyl groups is 1. The van der Waals surface area contributed by atoms with Crippen molar-refractivity contribution in [3.05, 3.63) is 39.4 Å². The minimum absolute atomic E-state index is 0.176. The summed E-state index contributed by atoms with van der Waals surface area (Å²) in [5.41, 5.74) is -4.41. The highest BCUT2D eigenvalue weighted by atomic mass is 16.3. The van der Waals surface area contributed by atoms with E-state index in [0.717, 1.165) is 0 Å². The number of aliphatic hydroxyl groups excluding tert-OH is 2. The monoisotopic (exact) mass is 775 g/mol. The van der Waals surface area contributed by atoms with Gasteiger partial charge in [-0.2, -0.15) is 0 Å². The molecule has 2 amide bonds. The van der Waals surface area contributed by atoms with E-state index in [9.17, 15) is 34.8 Å². The van der Waals surface area contributed by atoms with Crippen molar-refractivity contribution < 1.29 is 49.2 Å². The molecule has 0 aromatic heterocycles. The number of hydrogen-bond donors (Lipinski definition) is 7. The quantitative estimate of drug-likeness (QED) is 0.109. The predicted octanol–water partition coefficient (Wildman–Crippen LogP) is 5.17. The largest absolute Gasteiger partial charge is 0.510 e. The molecular weight excluding hydrogens is 702 g/mol. The maximum absolute atomic E-state index is 15.3. The van der Waals surface area contributed by atoms with Gasteiger partial charge in [0.25, 0.3) is 5.91 Å². The van der Waals surface area contributed by atoms with Crippen LogP contribution in [-0.4, -0.2) is 98.1 Å². The number of nitrogens with zero attached hydrogens (tertiary/aromatic N) is 2. The van der Waals surface area contributed by atoms with Crippen molar-refractivity contribution in [1.29, 1.82) is 0 Å². The number of nitrogens with one attached hydrogen (secondary N) is 2. The number of anilines is 2. The molecule has 13 heteroatoms. The summed E-state index contributed by atoms with van der Waals surface area (Å²) < 4.78 is 60.6. The van der Waals surface area contributed by atoms with E-state index in [1.807, 2.05) is 25.7 Å². The third-order valence-electron chi connectivity index (χ3n) is 12.8. The predicted molar refractivity (Wildman–Crippen MR) is 214 cm³/mol. The zero-order chi connectivity index (χ0) is 48.4. The summed E-state index contributed by atoms with van der Waals surface area (Å²) in [6, 6.07) is -1.89. The SMILES string of the molecule is [2H]C([2H])(NC(C([2H])([2H])[2H])(C([2H])(C)C)C([2H])(C)C)C(=O)Nc1c(C)c(N(CC)C(C)C)c2c(c1O)C(=O)C1=C(O)[C@]3(O)C(=O)C(C(N)=O)=C(O)[C@@H](N(C)C(C)C)[C@@H]3C[C@]1(C)C2(C)C. The number of fused-ring (bicyclic) bond motifs is 3. The first-order valence-electron chi connectivity index (χ1n) is 22.2. The van der Waals surface area contributed by atoms with Gasteiger partial charge in [0.15, 0.2) is 17.1 Å². The molecule has 55 heavy (non-hydrogen) atoms. The number of nitrogens with two attached hydrogens (primary N) is 1. The lowest BCUT2D eigenvalue weighted by atomic mass is 9.45. The van der Waals surface area contributed by atoms with Crippen LogP contribution in [-0.2, 0) is 19.8 Å². The van der Waals surface area contributed by atoms with Gasteiger partial charge in [0, 0.05) is 64.6 Å². The van der Waals surface area contributed by atoms with Crippen molar-refractivity contribution in [2.45, 2.75) is 138 Å². The van der Waals surface area contributed by atoms with E-state index >= 15 is 4.79 Å². The fourth-order valence-corrected chi connectivity index (χ4v) is 8.95. The number of primary amides is 1. The van der Waals surface area contributed by atoms with Crippen LogP contribution >= 0.6 is 0 Å². The molecule has 0 unspecified atom stereocenters. The molecular formula is C42H65N5O8. The van der Waals surface area contributed by atoms with Crippen molar-refractivity contribution in [3.8, 4) is 5.75 Å². The van der Waals surface area contributed by atoms with Crippen molar-refractivity contribution in [1.82, 2.24) is 10.2 Å². The summed E-state index contributed by atoms with van der Waals surface area (Å²) in [4.78, 5) is 60.0. The Kier molecular flexibility index (Phi) is 9.07. The van der Waals surface area contributed by atoms with Gasteiger partial charge in [-0.25, -0.2) is 0 Å². The third kappa shape index (κ3) is 6.25. The summed E-state index contributed by atoms with van der Waals surface area (Å²) in [5.74, 6) is -13.6. The summed E-state index contributed by atoms with van der Waals surface area (Å²) in [7, 11) is 1.60. The van der Waals surface area contributed by atoms with Gasteiger partial charge in [0.05, 0.1) is 26.5 Å². The van der Waals surface area contributed by atoms with Crippen LogP contribution in [0.3, 0.4) is 0 Å². The molecule has 13 nitrogen and oxygen atoms in total. The molecule has 0 spiro atoms. The van der Waals surface area contributed by atoms with Crippen LogP contribution < -0.4 is 21.3 Å². The van der Waals surface area contributed by atoms with Crippen LogP contribution in [0.5, 0.6) is 5.75 Å². The highest BCUT2D eigenvalue weighted by Crippen LogP contribution is 2.66. The molecule has 4 atom stereocenters. The highest BCUT2D eigenvalue weighted by Gasteiger charge is 2.69. The lowest BCUT2D eigenvalue weighted by Crippen LogP contribution is -2.67. The minimum Gasteiger partial charge on any atom is -0.510 e. The molecule has 8 N–H and O–H groups in total. The fraction of sp³-hybridized carbons (Fsp3) is 0.667. The second kappa shape index (κ2) is 14.5. The molecule has 0 saturated carbocycles. The smallest absolute Gasteiger partial charge is 0.255 e. The van der Waals surface area contributed by atoms with Crippen molar-refractivity contribution in [2.24, 2.45) is 28.9 Å². The number of aliphatic hydroxyl groups is 3. The van der Waals surface area contributed by atoms with Crippen LogP contribution in [0.2, 0.25) is 0 Å². The lowest BCUT2D eigenvalue weighted by molar-refractivity contribution is -0.152. The van der Waals surface area contributed by atoms with Gasteiger partial charge in [0.1, 0.15) is 17.1 Å². The van der Waals surface area contributed by atoms with Gasteiger partial charge < -0.3 is 41.7 Å². The number of carbonyl (C=O) groups is 4. The van der Waals surface area contributed by atoms with Crippen LogP contribution in [0.25, 0.3) is 0 Å². The number of ketones is 2. The van der Waals surface area contributed by atoms with E-state index in [4.69, 9.17) is 15.3 Å². The van der Waals surface area contributed by atoms with Crippen molar-refractivity contribution in [2.75, 3.05) is 30.3 Å². The maximum atomic E-state index is 15.3. The number of amides is 2. The average molecular weight is 775 g/mol. The molecule has 3 aliphatic rings. The topological polar surface area (TPSA) is 206 Å². The normalized spacial score (nSPS) is 28.0. The minimum atomic E-state index is -3.34. The van der Waals surface area contributed by atoms with E-state index in [-0.39, 0.29) is 29.6 Å². The number of hydrogen-bond acceptors (Lipinski definition) is 11. The van der Waals surface area contributed by atoms with Crippen molar-refractivity contribution in [3.63, 3.8) is 0 Å². The number of carbonyl (C=O) groups excluding carboxylic acids is 4. The molecule has 1 aromatic carbocycles. The first kappa shape index (κ1) is 34.3. The van der Waals surface area contributed by atoms with Crippen LogP contribution in [0, 0.1) is 30.0 Å². The number of rotatable bonds is 12. The molecule has 3 aliphatic carbocycles. The van der Waals surface area contributed by atoms with E-state index in [0.29, 0.717) is 12.2 Å². The second-order valence-corrected chi connectivity index (χ2v) is 17.0. The third-order valence-corrected chi connectivity index (χ3v) is 12.8. The molecule has 0 fully saturated rings. The van der Waals surface area contributed by atoms with Gasteiger partial charge in [-0.05, 0) is 79.2 Å². The lowest BCUT2D eigenvalue weighted by Gasteiger charge is -2.59. The number of allylic oxidation sites excluding steroid dienone is 1. The van der Waals surface area contributed by atoms with Gasteiger partial charge in [-0.15, -0.1) is 0 Å². The highest BCUT2D eigenvalue weighted by molar-refractivity contribution is 6.25. The van der Waals surface area contributed by atoms with E-state index in [1.165, 1.54) is 27.7 Å². The van der Waals surface area contributed by atoms with E-state index in [1.54, 1.807) is 53.5 Å². The molecule has 1 aromatic rings. The van der Waals surface area contributed by atoms with Gasteiger partial charge in [-0.1, -0.05) is 48.5 Å². The summed E-state index contributed by atoms with van der Waals surface area (Å²) in [6.45, 7) is 14.3. The van der Waals surface area contributed by atoms with Gasteiger partial charge in [0.2, 0.25) is 11.7 Å². The number of benzene rings is 1. The first-order chi connectivity index (χ1) is 27.7. The number of phenolic OH excluding ortho intramolecular Hbond substituents is 1. The molecule has 4 rings (SSSR count). The Morgan fingerprint density at radius 1 is 1.05 bits per heavy atom. The van der Waals surface area contributed by atoms with Crippen LogP contribution in [0.15, 0.2) is 22.7 Å². The number of likely N-dealkylation sites (N-methyl/N-ethyl adjacent to an activating group) is 1. The maximum Gasteiger partial charge on any atom is 0.255 e. The molecule has 0 saturated heterocycles. The number of Topliss-reactive ketones (excluding diaryl/α,β-unsaturated/α-hetero) is 2. The summed E-state index contributed by atoms with van der Waals surface area (Å²) >= 11 is 0. The van der Waals surface area contributed by atoms with E-state index in [2.05, 4.69) is 10.6 Å². The first-order valence-corrected chi connectivity index (χ1v) is 18.7. The molecule has 0 radical (unpaired) electrons. The Morgan fingerprint density at radius 2 is 1.62 bits per heavy atom. The van der Waals surface area contributed by atoms with Crippen LogP contribution in [0.4, 0.5) is 11.4 Å². The Morgan fingerprint density at radius 3 is 2.07 bits per heavy atom. The van der Waals surface area contributed by atoms with E-state index < -0.39 is 122 Å². The molecule has 0 bridgehead atoms. The Balaban J connectivity index is 2.12. The number of phenols is 1. The summed E-state index contributed by atoms with van der Waals surface area (Å²) in [5, 5.41) is 53.3. The van der Waals surface area contributed by atoms with Gasteiger partial charge >= 0.3 is 0 Å². The molecule has 306 valence electrons. The summed E-state index contributed by atoms with van der Waals surface area (Å²) in [6.07, 6.45) is -0.230. The fourth-order valence-electron chi connectivity index (χ4n) is 8.95. The zero-order valence-corrected chi connectivity index (χ0v) is 34.6. The Hall–Kier alpha value is -3.94.